The van der Waals surface area contributed by atoms with Gasteiger partial charge in [0.25, 0.3) is 0 Å². The molecule has 0 spiro atoms. The zero-order chi connectivity index (χ0) is 26.8. The monoisotopic (exact) mass is 543 g/mol. The van der Waals surface area contributed by atoms with Gasteiger partial charge in [0.2, 0.25) is 10.0 Å². The number of rotatable bonds is 7. The highest BCUT2D eigenvalue weighted by Crippen LogP contribution is 2.40. The molecule has 1 aliphatic heterocycles. The van der Waals surface area contributed by atoms with Crippen LogP contribution >= 0.6 is 0 Å². The molecule has 0 radical (unpaired) electrons. The van der Waals surface area contributed by atoms with E-state index >= 15 is 0 Å². The van der Waals surface area contributed by atoms with Gasteiger partial charge in [-0.25, -0.2) is 17.7 Å². The van der Waals surface area contributed by atoms with Crippen LogP contribution in [0.1, 0.15) is 55.7 Å². The number of aromatic nitrogens is 3. The second-order valence-electron chi connectivity index (χ2n) is 11.0. The Hall–Kier alpha value is -3.48. The van der Waals surface area contributed by atoms with Crippen molar-refractivity contribution in [2.45, 2.75) is 44.4 Å². The van der Waals surface area contributed by atoms with Gasteiger partial charge in [0, 0.05) is 59.7 Å². The molecule has 9 heteroatoms. The molecule has 1 N–H and O–H groups in total. The van der Waals surface area contributed by atoms with Crippen LogP contribution in [-0.4, -0.2) is 53.1 Å². The number of nitrogens with one attached hydrogen (secondary N) is 1. The number of hydrogen-bond acceptors (Lipinski definition) is 6. The quantitative estimate of drug-likeness (QED) is 0.335. The van der Waals surface area contributed by atoms with E-state index in [-0.39, 0.29) is 17.6 Å². The molecular formula is C30H33N5O3S. The average Bonchev–Trinajstić information content (AvgIpc) is 3.46. The van der Waals surface area contributed by atoms with Crippen LogP contribution in [0.2, 0.25) is 0 Å². The Morgan fingerprint density at radius 3 is 2.64 bits per heavy atom. The molecule has 6 rings (SSSR count). The normalized spacial score (nSPS) is 22.6. The first-order chi connectivity index (χ1) is 19.0. The number of nitriles is 1. The maximum Gasteiger partial charge on any atom is 0.214 e. The van der Waals surface area contributed by atoms with Crippen LogP contribution in [0.15, 0.2) is 55.0 Å². The summed E-state index contributed by atoms with van der Waals surface area (Å²) in [5.74, 6) is 1.59. The van der Waals surface area contributed by atoms with Gasteiger partial charge in [0.05, 0.1) is 29.7 Å². The van der Waals surface area contributed by atoms with Crippen LogP contribution in [0.3, 0.4) is 0 Å². The fraction of sp³-hybridized carbons (Fsp3) is 0.433. The van der Waals surface area contributed by atoms with E-state index in [4.69, 9.17) is 15.0 Å². The molecule has 0 amide bonds. The van der Waals surface area contributed by atoms with Crippen molar-refractivity contribution in [3.63, 3.8) is 0 Å². The predicted octanol–water partition coefficient (Wildman–Crippen LogP) is 5.38. The van der Waals surface area contributed by atoms with Crippen molar-refractivity contribution in [1.29, 1.82) is 5.26 Å². The van der Waals surface area contributed by atoms with E-state index in [0.29, 0.717) is 36.9 Å². The van der Waals surface area contributed by atoms with Gasteiger partial charge >= 0.3 is 0 Å². The van der Waals surface area contributed by atoms with Gasteiger partial charge in [0.15, 0.2) is 0 Å². The number of sulfonamides is 1. The van der Waals surface area contributed by atoms with Gasteiger partial charge in [-0.1, -0.05) is 0 Å². The average molecular weight is 544 g/mol. The number of piperidine rings is 1. The third-order valence-electron chi connectivity index (χ3n) is 8.36. The Balaban J connectivity index is 1.06. The van der Waals surface area contributed by atoms with Crippen LogP contribution in [0.25, 0.3) is 21.8 Å². The van der Waals surface area contributed by atoms with Gasteiger partial charge in [-0.2, -0.15) is 5.26 Å². The van der Waals surface area contributed by atoms with Gasteiger partial charge in [0.1, 0.15) is 11.4 Å². The van der Waals surface area contributed by atoms with Crippen LogP contribution in [0.4, 0.5) is 0 Å². The van der Waals surface area contributed by atoms with Crippen LogP contribution in [-0.2, 0) is 10.0 Å². The third-order valence-corrected chi connectivity index (χ3v) is 10.4. The maximum atomic E-state index is 13.4. The molecule has 202 valence electrons. The summed E-state index contributed by atoms with van der Waals surface area (Å²) >= 11 is 0. The number of aromatic amines is 1. The van der Waals surface area contributed by atoms with Crippen molar-refractivity contribution in [1.82, 2.24) is 19.3 Å². The van der Waals surface area contributed by atoms with Gasteiger partial charge < -0.3 is 9.72 Å². The minimum Gasteiger partial charge on any atom is -0.493 e. The smallest absolute Gasteiger partial charge is 0.214 e. The van der Waals surface area contributed by atoms with Crippen molar-refractivity contribution < 1.29 is 13.2 Å². The van der Waals surface area contributed by atoms with Gasteiger partial charge in [-0.15, -0.1) is 0 Å². The van der Waals surface area contributed by atoms with E-state index in [1.54, 1.807) is 28.6 Å². The summed E-state index contributed by atoms with van der Waals surface area (Å²) in [4.78, 5) is 12.5. The number of pyridine rings is 2. The molecule has 1 aliphatic carbocycles. The number of hydrogen-bond donors (Lipinski definition) is 1. The SMILES string of the molecule is N#Cc1ccc(OCC2CCCN(S(=O)(=O)CC3CCC(c4nccc5cnc6[nH]ccc6c45)CC3)C2)cc1. The highest BCUT2D eigenvalue weighted by atomic mass is 32.2. The molecule has 2 fully saturated rings. The summed E-state index contributed by atoms with van der Waals surface area (Å²) in [5, 5.41) is 12.3. The molecule has 0 bridgehead atoms. The van der Waals surface area contributed by atoms with Crippen molar-refractivity contribution >= 4 is 31.8 Å². The third kappa shape index (κ3) is 5.49. The Morgan fingerprint density at radius 2 is 1.85 bits per heavy atom. The number of fused-ring (bicyclic) bond motifs is 3. The standard InChI is InChI=1S/C30H33N5O3S/c31-16-21-5-9-26(10-6-21)38-19-23-2-1-15-35(18-23)39(36,37)20-22-3-7-24(8-4-22)29-28-25(11-13-32-29)17-34-30-27(28)12-14-33-30/h5-6,9-14,17,22-24H,1-4,7-8,15,18-20H2,(H,33,34). The lowest BCUT2D eigenvalue weighted by atomic mass is 9.80. The lowest BCUT2D eigenvalue weighted by molar-refractivity contribution is 0.179. The van der Waals surface area contributed by atoms with E-state index in [1.807, 2.05) is 24.7 Å². The highest BCUT2D eigenvalue weighted by molar-refractivity contribution is 7.89. The maximum absolute atomic E-state index is 13.4. The van der Waals surface area contributed by atoms with E-state index in [2.05, 4.69) is 22.1 Å². The molecule has 1 aromatic carbocycles. The Morgan fingerprint density at radius 1 is 1.03 bits per heavy atom. The van der Waals surface area contributed by atoms with Crippen LogP contribution in [0.5, 0.6) is 5.75 Å². The fourth-order valence-corrected chi connectivity index (χ4v) is 8.25. The Kier molecular flexibility index (Phi) is 7.24. The van der Waals surface area contributed by atoms with Crippen LogP contribution < -0.4 is 4.74 Å². The molecule has 39 heavy (non-hydrogen) atoms. The lowest BCUT2D eigenvalue weighted by Crippen LogP contribution is -2.43. The second kappa shape index (κ2) is 10.9. The molecule has 8 nitrogen and oxygen atoms in total. The molecular weight excluding hydrogens is 510 g/mol. The molecule has 4 aromatic rings. The highest BCUT2D eigenvalue weighted by Gasteiger charge is 2.33. The van der Waals surface area contributed by atoms with E-state index < -0.39 is 10.0 Å². The molecule has 1 saturated heterocycles. The topological polar surface area (TPSA) is 112 Å². The number of benzene rings is 1. The molecule has 2 aliphatic rings. The second-order valence-corrected chi connectivity index (χ2v) is 13.0. The van der Waals surface area contributed by atoms with Crippen molar-refractivity contribution in [3.8, 4) is 11.8 Å². The van der Waals surface area contributed by atoms with E-state index in [1.165, 1.54) is 5.39 Å². The summed E-state index contributed by atoms with van der Waals surface area (Å²) in [7, 11) is -3.33. The van der Waals surface area contributed by atoms with E-state index in [9.17, 15) is 8.42 Å². The minimum atomic E-state index is -3.33. The summed E-state index contributed by atoms with van der Waals surface area (Å²) in [6, 6.07) is 13.2. The molecule has 3 aromatic heterocycles. The van der Waals surface area contributed by atoms with Crippen molar-refractivity contribution in [2.24, 2.45) is 11.8 Å². The zero-order valence-corrected chi connectivity index (χ0v) is 22.7. The number of H-pyrrole nitrogens is 1. The Bertz CT molecular complexity index is 1600. The number of nitrogens with zero attached hydrogens (tertiary/aromatic N) is 4. The summed E-state index contributed by atoms with van der Waals surface area (Å²) in [5.41, 5.74) is 2.58. The van der Waals surface area contributed by atoms with Crippen LogP contribution in [0, 0.1) is 23.2 Å². The van der Waals surface area contributed by atoms with Crippen molar-refractivity contribution in [2.75, 3.05) is 25.4 Å². The van der Waals surface area contributed by atoms with Gasteiger partial charge in [-0.3, -0.25) is 4.98 Å². The predicted molar refractivity (Wildman–Crippen MR) is 151 cm³/mol. The molecule has 1 unspecified atom stereocenters. The van der Waals surface area contributed by atoms with Gasteiger partial charge in [-0.05, 0) is 80.8 Å². The summed E-state index contributed by atoms with van der Waals surface area (Å²) < 4.78 is 34.4. The first kappa shape index (κ1) is 25.8. The lowest BCUT2D eigenvalue weighted by Gasteiger charge is -2.34. The number of ether oxygens (including phenoxy) is 1. The first-order valence-corrected chi connectivity index (χ1v) is 15.4. The largest absolute Gasteiger partial charge is 0.493 e. The van der Waals surface area contributed by atoms with E-state index in [0.717, 1.165) is 60.6 Å². The molecule has 1 atom stereocenters. The molecule has 4 heterocycles. The summed E-state index contributed by atoms with van der Waals surface area (Å²) in [6.45, 7) is 1.57. The zero-order valence-electron chi connectivity index (χ0n) is 21.9. The Labute approximate surface area is 229 Å². The van der Waals surface area contributed by atoms with Crippen molar-refractivity contribution in [3.05, 3.63) is 66.2 Å². The summed E-state index contributed by atoms with van der Waals surface area (Å²) in [6.07, 6.45) is 11.2. The first-order valence-electron chi connectivity index (χ1n) is 13.8. The fourth-order valence-electron chi connectivity index (χ4n) is 6.27. The minimum absolute atomic E-state index is 0.164. The molecule has 1 saturated carbocycles.